The van der Waals surface area contributed by atoms with Crippen LogP contribution in [0.5, 0.6) is 0 Å². The van der Waals surface area contributed by atoms with E-state index in [4.69, 9.17) is 0 Å². The molecule has 98 valence electrons. The molecule has 1 amide bonds. The Morgan fingerprint density at radius 1 is 1.50 bits per heavy atom. The van der Waals surface area contributed by atoms with Gasteiger partial charge in [0.25, 0.3) is 0 Å². The molecule has 0 aromatic carbocycles. The summed E-state index contributed by atoms with van der Waals surface area (Å²) in [4.78, 5) is 15.6. The Morgan fingerprint density at radius 3 is 2.67 bits per heavy atom. The normalized spacial score (nSPS) is 30.4. The van der Waals surface area contributed by atoms with Crippen molar-refractivity contribution in [1.29, 1.82) is 0 Å². The Labute approximate surface area is 118 Å². The molecule has 0 radical (unpaired) electrons. The van der Waals surface area contributed by atoms with Gasteiger partial charge in [-0.05, 0) is 59.2 Å². The molecular weight excluding hydrogens is 316 g/mol. The van der Waals surface area contributed by atoms with Crippen LogP contribution in [-0.2, 0) is 0 Å². The lowest BCUT2D eigenvalue weighted by Gasteiger charge is -2.48. The van der Waals surface area contributed by atoms with E-state index in [-0.39, 0.29) is 6.04 Å². The van der Waals surface area contributed by atoms with E-state index in [1.807, 2.05) is 11.4 Å². The molecule has 1 atom stereocenters. The standard InChI is InChI=1S/C12H15BrN2O2S/c13-11-9(3-6-18-11)15(12(16)17)10-7-14-4-1-8(10)2-5-14/h3,6,8,10H,1-2,4-5,7H2,(H,16,17). The maximum atomic E-state index is 11.6. The first kappa shape index (κ1) is 12.4. The van der Waals surface area contributed by atoms with Crippen LogP contribution in [0.2, 0.25) is 0 Å². The van der Waals surface area contributed by atoms with E-state index in [0.717, 1.165) is 41.9 Å². The van der Waals surface area contributed by atoms with Gasteiger partial charge < -0.3 is 10.0 Å². The number of anilines is 1. The molecule has 0 spiro atoms. The predicted octanol–water partition coefficient (Wildman–Crippen LogP) is 3.09. The van der Waals surface area contributed by atoms with Crippen molar-refractivity contribution >= 4 is 39.0 Å². The van der Waals surface area contributed by atoms with Gasteiger partial charge in [-0.3, -0.25) is 4.90 Å². The minimum atomic E-state index is -0.840. The van der Waals surface area contributed by atoms with Crippen LogP contribution in [0, 0.1) is 5.92 Å². The van der Waals surface area contributed by atoms with Crippen LogP contribution in [0.4, 0.5) is 10.5 Å². The highest BCUT2D eigenvalue weighted by molar-refractivity contribution is 9.11. The number of carbonyl (C=O) groups is 1. The van der Waals surface area contributed by atoms with Crippen molar-refractivity contribution in [2.75, 3.05) is 24.5 Å². The number of nitrogens with zero attached hydrogens (tertiary/aromatic N) is 2. The summed E-state index contributed by atoms with van der Waals surface area (Å²) in [6.07, 6.45) is 1.40. The first-order chi connectivity index (χ1) is 8.66. The number of carboxylic acid groups (broad SMARTS) is 1. The van der Waals surface area contributed by atoms with Gasteiger partial charge in [0, 0.05) is 6.54 Å². The average molecular weight is 331 g/mol. The minimum absolute atomic E-state index is 0.107. The number of amides is 1. The lowest BCUT2D eigenvalue weighted by atomic mass is 9.83. The Hall–Kier alpha value is -0.590. The van der Waals surface area contributed by atoms with Crippen LogP contribution in [0.15, 0.2) is 15.2 Å². The van der Waals surface area contributed by atoms with Gasteiger partial charge in [-0.25, -0.2) is 4.79 Å². The monoisotopic (exact) mass is 330 g/mol. The summed E-state index contributed by atoms with van der Waals surface area (Å²) in [6.45, 7) is 3.12. The van der Waals surface area contributed by atoms with E-state index in [2.05, 4.69) is 20.8 Å². The van der Waals surface area contributed by atoms with E-state index >= 15 is 0 Å². The van der Waals surface area contributed by atoms with Crippen LogP contribution >= 0.6 is 27.3 Å². The zero-order valence-corrected chi connectivity index (χ0v) is 12.3. The maximum Gasteiger partial charge on any atom is 0.412 e. The fourth-order valence-corrected chi connectivity index (χ4v) is 4.36. The van der Waals surface area contributed by atoms with Crippen molar-refractivity contribution in [3.63, 3.8) is 0 Å². The molecule has 4 nitrogen and oxygen atoms in total. The molecule has 0 aliphatic carbocycles. The molecule has 6 heteroatoms. The second-order valence-corrected chi connectivity index (χ2v) is 7.17. The Morgan fingerprint density at radius 2 is 2.22 bits per heavy atom. The summed E-state index contributed by atoms with van der Waals surface area (Å²) in [5, 5.41) is 11.5. The summed E-state index contributed by atoms with van der Waals surface area (Å²) in [6, 6.07) is 2.00. The van der Waals surface area contributed by atoms with Gasteiger partial charge in [0.05, 0.1) is 15.5 Å². The first-order valence-corrected chi connectivity index (χ1v) is 7.81. The number of hydrogen-bond acceptors (Lipinski definition) is 3. The van der Waals surface area contributed by atoms with Crippen LogP contribution in [0.3, 0.4) is 0 Å². The van der Waals surface area contributed by atoms with E-state index in [1.165, 1.54) is 11.3 Å². The highest BCUT2D eigenvalue weighted by Crippen LogP contribution is 2.38. The van der Waals surface area contributed by atoms with Gasteiger partial charge in [-0.15, -0.1) is 11.3 Å². The molecule has 4 heterocycles. The molecule has 1 N–H and O–H groups in total. The highest BCUT2D eigenvalue weighted by atomic mass is 79.9. The third-order valence-corrected chi connectivity index (χ3v) is 5.67. The third-order valence-electron chi connectivity index (χ3n) is 4.02. The van der Waals surface area contributed by atoms with Crippen LogP contribution < -0.4 is 4.90 Å². The lowest BCUT2D eigenvalue weighted by Crippen LogP contribution is -2.58. The first-order valence-electron chi connectivity index (χ1n) is 6.14. The van der Waals surface area contributed by atoms with Gasteiger partial charge in [0.15, 0.2) is 0 Å². The average Bonchev–Trinajstić information content (AvgIpc) is 2.77. The number of fused-ring (bicyclic) bond motifs is 3. The fourth-order valence-electron chi connectivity index (χ4n) is 3.11. The Kier molecular flexibility index (Phi) is 3.34. The smallest absolute Gasteiger partial charge is 0.412 e. The molecule has 1 aromatic heterocycles. The molecule has 4 rings (SSSR count). The molecule has 0 saturated carbocycles. The minimum Gasteiger partial charge on any atom is -0.465 e. The zero-order chi connectivity index (χ0) is 12.7. The van der Waals surface area contributed by atoms with Gasteiger partial charge in [-0.2, -0.15) is 0 Å². The number of thiophene rings is 1. The molecule has 1 unspecified atom stereocenters. The molecule has 2 bridgehead atoms. The van der Waals surface area contributed by atoms with Gasteiger partial charge >= 0.3 is 6.09 Å². The molecule has 3 aliphatic heterocycles. The van der Waals surface area contributed by atoms with E-state index < -0.39 is 6.09 Å². The second-order valence-electron chi connectivity index (χ2n) is 4.94. The fraction of sp³-hybridized carbons (Fsp3) is 0.583. The Balaban J connectivity index is 1.91. The number of piperidine rings is 3. The van der Waals surface area contributed by atoms with Gasteiger partial charge in [-0.1, -0.05) is 0 Å². The molecule has 1 aromatic rings. The number of hydrogen-bond donors (Lipinski definition) is 1. The maximum absolute atomic E-state index is 11.6. The summed E-state index contributed by atoms with van der Waals surface area (Å²) in [5.74, 6) is 0.512. The van der Waals surface area contributed by atoms with Crippen LogP contribution in [0.1, 0.15) is 12.8 Å². The van der Waals surface area contributed by atoms with Gasteiger partial charge in [0.2, 0.25) is 0 Å². The topological polar surface area (TPSA) is 43.8 Å². The summed E-state index contributed by atoms with van der Waals surface area (Å²) in [7, 11) is 0. The molecule has 18 heavy (non-hydrogen) atoms. The van der Waals surface area contributed by atoms with Crippen molar-refractivity contribution in [3.8, 4) is 0 Å². The van der Waals surface area contributed by atoms with E-state index in [0.29, 0.717) is 5.92 Å². The largest absolute Gasteiger partial charge is 0.465 e. The molecule has 3 aliphatic rings. The quantitative estimate of drug-likeness (QED) is 0.906. The molecule has 3 fully saturated rings. The Bertz CT molecular complexity index is 457. The van der Waals surface area contributed by atoms with Crippen molar-refractivity contribution in [2.45, 2.75) is 18.9 Å². The zero-order valence-electron chi connectivity index (χ0n) is 9.88. The predicted molar refractivity (Wildman–Crippen MR) is 75.5 cm³/mol. The second kappa shape index (κ2) is 4.83. The molecule has 3 saturated heterocycles. The highest BCUT2D eigenvalue weighted by Gasteiger charge is 2.40. The van der Waals surface area contributed by atoms with Crippen molar-refractivity contribution in [3.05, 3.63) is 15.2 Å². The number of halogens is 1. The summed E-state index contributed by atoms with van der Waals surface area (Å²) < 4.78 is 0.904. The summed E-state index contributed by atoms with van der Waals surface area (Å²) >= 11 is 4.99. The summed E-state index contributed by atoms with van der Waals surface area (Å²) in [5.41, 5.74) is 0.797. The van der Waals surface area contributed by atoms with Crippen molar-refractivity contribution in [1.82, 2.24) is 4.90 Å². The van der Waals surface area contributed by atoms with Crippen molar-refractivity contribution < 1.29 is 9.90 Å². The molecular formula is C12H15BrN2O2S. The SMILES string of the molecule is O=C(O)N(c1ccsc1Br)C1CN2CCC1CC2. The van der Waals surface area contributed by atoms with Crippen LogP contribution in [-0.4, -0.2) is 41.8 Å². The van der Waals surface area contributed by atoms with E-state index in [1.54, 1.807) is 4.90 Å². The third kappa shape index (κ3) is 2.06. The number of rotatable bonds is 2. The van der Waals surface area contributed by atoms with E-state index in [9.17, 15) is 9.90 Å². The van der Waals surface area contributed by atoms with Crippen molar-refractivity contribution in [2.24, 2.45) is 5.92 Å². The van der Waals surface area contributed by atoms with Crippen LogP contribution in [0.25, 0.3) is 0 Å². The lowest BCUT2D eigenvalue weighted by molar-refractivity contribution is 0.0837. The van der Waals surface area contributed by atoms with Gasteiger partial charge in [0.1, 0.15) is 0 Å².